The first-order chi connectivity index (χ1) is 13.0. The van der Waals surface area contributed by atoms with E-state index in [1.54, 1.807) is 4.90 Å². The molecule has 0 bridgehead atoms. The Morgan fingerprint density at radius 3 is 2.59 bits per heavy atom. The van der Waals surface area contributed by atoms with E-state index < -0.39 is 5.82 Å². The number of carbonyl (C=O) groups is 1. The summed E-state index contributed by atoms with van der Waals surface area (Å²) in [5, 5.41) is 13.6. The molecule has 1 aromatic heterocycles. The zero-order valence-electron chi connectivity index (χ0n) is 14.4. The van der Waals surface area contributed by atoms with Gasteiger partial charge in [0.2, 0.25) is 0 Å². The zero-order valence-corrected chi connectivity index (χ0v) is 16.0. The number of amides is 1. The molecule has 1 aliphatic heterocycles. The van der Waals surface area contributed by atoms with E-state index in [4.69, 9.17) is 5.26 Å². The molecule has 27 heavy (non-hydrogen) atoms. The molecule has 7 heteroatoms. The maximum Gasteiger partial charge on any atom is 0.277 e. The third-order valence-corrected chi connectivity index (χ3v) is 5.20. The zero-order chi connectivity index (χ0) is 19.1. The molecule has 0 aliphatic carbocycles. The van der Waals surface area contributed by atoms with Crippen molar-refractivity contribution in [2.75, 3.05) is 11.4 Å². The number of hydrogen-bond acceptors (Lipinski definition) is 3. The third kappa shape index (κ3) is 2.92. The van der Waals surface area contributed by atoms with Crippen LogP contribution in [0, 0.1) is 24.1 Å². The highest BCUT2D eigenvalue weighted by Crippen LogP contribution is 2.29. The van der Waals surface area contributed by atoms with Gasteiger partial charge in [-0.2, -0.15) is 10.4 Å². The molecular weight excluding hydrogens is 411 g/mol. The van der Waals surface area contributed by atoms with Crippen molar-refractivity contribution < 1.29 is 9.18 Å². The Morgan fingerprint density at radius 1 is 1.19 bits per heavy atom. The fourth-order valence-corrected chi connectivity index (χ4v) is 3.58. The fourth-order valence-electron chi connectivity index (χ4n) is 3.32. The van der Waals surface area contributed by atoms with Crippen LogP contribution in [-0.2, 0) is 6.42 Å². The van der Waals surface area contributed by atoms with E-state index in [2.05, 4.69) is 21.0 Å². The Labute approximate surface area is 163 Å². The third-order valence-electron chi connectivity index (χ3n) is 4.67. The monoisotopic (exact) mass is 424 g/mol. The number of aromatic nitrogens is 2. The van der Waals surface area contributed by atoms with Crippen molar-refractivity contribution in [1.82, 2.24) is 9.78 Å². The average Bonchev–Trinajstić information content (AvgIpc) is 3.01. The van der Waals surface area contributed by atoms with Crippen molar-refractivity contribution in [3.05, 3.63) is 75.3 Å². The molecule has 1 aliphatic rings. The number of anilines is 1. The van der Waals surface area contributed by atoms with Gasteiger partial charge in [-0.05, 0) is 55.8 Å². The van der Waals surface area contributed by atoms with Gasteiger partial charge < -0.3 is 4.90 Å². The number of rotatable bonds is 2. The summed E-state index contributed by atoms with van der Waals surface area (Å²) in [6, 6.07) is 13.5. The number of halogens is 2. The van der Waals surface area contributed by atoms with Crippen LogP contribution in [0.4, 0.5) is 10.1 Å². The molecule has 2 aromatic carbocycles. The van der Waals surface area contributed by atoms with Crippen molar-refractivity contribution in [1.29, 1.82) is 5.26 Å². The first-order valence-corrected chi connectivity index (χ1v) is 9.15. The average molecular weight is 425 g/mol. The normalized spacial score (nSPS) is 13.4. The van der Waals surface area contributed by atoms with Crippen molar-refractivity contribution in [3.8, 4) is 11.8 Å². The Morgan fingerprint density at radius 2 is 1.89 bits per heavy atom. The number of fused-ring (bicyclic) bond motifs is 1. The minimum absolute atomic E-state index is 0.0811. The lowest BCUT2D eigenvalue weighted by Crippen LogP contribution is -2.38. The van der Waals surface area contributed by atoms with Gasteiger partial charge >= 0.3 is 0 Å². The van der Waals surface area contributed by atoms with Gasteiger partial charge in [-0.25, -0.2) is 9.07 Å². The summed E-state index contributed by atoms with van der Waals surface area (Å²) in [6.07, 6.45) is 0.676. The number of nitrogens with zero attached hydrogens (tertiary/aromatic N) is 4. The molecule has 0 fully saturated rings. The molecule has 0 atom stereocenters. The minimum Gasteiger partial charge on any atom is -0.307 e. The Bertz CT molecular complexity index is 1100. The molecule has 0 unspecified atom stereocenters. The van der Waals surface area contributed by atoms with Crippen LogP contribution in [0.3, 0.4) is 0 Å². The standard InChI is InChI=1S/C20H14BrFN4O/c1-12-17-8-9-25(15-4-2-14(21)3-5-15)20(27)19(17)26(24-12)16-6-7-18(22)13(10-16)11-23/h2-7,10H,8-9H2,1H3. The molecule has 1 amide bonds. The second kappa shape index (κ2) is 6.63. The Hall–Kier alpha value is -2.98. The second-order valence-corrected chi connectivity index (χ2v) is 7.20. The predicted molar refractivity (Wildman–Crippen MR) is 102 cm³/mol. The largest absolute Gasteiger partial charge is 0.307 e. The van der Waals surface area contributed by atoms with E-state index in [0.29, 0.717) is 24.3 Å². The highest BCUT2D eigenvalue weighted by molar-refractivity contribution is 9.10. The van der Waals surface area contributed by atoms with Gasteiger partial charge in [0.15, 0.2) is 0 Å². The molecule has 0 N–H and O–H groups in total. The number of benzene rings is 2. The Balaban J connectivity index is 1.82. The van der Waals surface area contributed by atoms with Crippen LogP contribution in [-0.4, -0.2) is 22.2 Å². The van der Waals surface area contributed by atoms with E-state index in [1.807, 2.05) is 37.3 Å². The molecule has 0 saturated carbocycles. The summed E-state index contributed by atoms with van der Waals surface area (Å²) in [6.45, 7) is 2.42. The van der Waals surface area contributed by atoms with Gasteiger partial charge in [-0.1, -0.05) is 15.9 Å². The number of aryl methyl sites for hydroxylation is 1. The van der Waals surface area contributed by atoms with Gasteiger partial charge in [-0.3, -0.25) is 4.79 Å². The van der Waals surface area contributed by atoms with Crippen LogP contribution in [0.2, 0.25) is 0 Å². The molecule has 0 spiro atoms. The van der Waals surface area contributed by atoms with Crippen LogP contribution < -0.4 is 4.90 Å². The van der Waals surface area contributed by atoms with Crippen LogP contribution in [0.1, 0.15) is 27.3 Å². The van der Waals surface area contributed by atoms with Crippen molar-refractivity contribution in [3.63, 3.8) is 0 Å². The van der Waals surface area contributed by atoms with Crippen LogP contribution in [0.15, 0.2) is 46.9 Å². The topological polar surface area (TPSA) is 61.9 Å². The minimum atomic E-state index is -0.596. The van der Waals surface area contributed by atoms with E-state index >= 15 is 0 Å². The maximum atomic E-state index is 13.7. The summed E-state index contributed by atoms with van der Waals surface area (Å²) >= 11 is 3.40. The van der Waals surface area contributed by atoms with Gasteiger partial charge in [-0.15, -0.1) is 0 Å². The lowest BCUT2D eigenvalue weighted by molar-refractivity contribution is 0.0973. The summed E-state index contributed by atoms with van der Waals surface area (Å²) in [7, 11) is 0. The highest BCUT2D eigenvalue weighted by atomic mass is 79.9. The molecule has 2 heterocycles. The first-order valence-electron chi connectivity index (χ1n) is 8.35. The molecule has 4 rings (SSSR count). The smallest absolute Gasteiger partial charge is 0.277 e. The molecule has 0 saturated heterocycles. The molecule has 3 aromatic rings. The molecular formula is C20H14BrFN4O. The molecule has 134 valence electrons. The van der Waals surface area contributed by atoms with Gasteiger partial charge in [0.1, 0.15) is 17.6 Å². The van der Waals surface area contributed by atoms with E-state index in [1.165, 1.54) is 22.9 Å². The number of hydrogen-bond donors (Lipinski definition) is 0. The summed E-state index contributed by atoms with van der Waals surface area (Å²) in [5.41, 5.74) is 3.31. The fraction of sp³-hybridized carbons (Fsp3) is 0.150. The Kier molecular flexibility index (Phi) is 4.28. The van der Waals surface area contributed by atoms with E-state index in [9.17, 15) is 9.18 Å². The van der Waals surface area contributed by atoms with Crippen molar-refractivity contribution in [2.45, 2.75) is 13.3 Å². The van der Waals surface area contributed by atoms with E-state index in [0.717, 1.165) is 21.4 Å². The lowest BCUT2D eigenvalue weighted by Gasteiger charge is -2.27. The van der Waals surface area contributed by atoms with Crippen LogP contribution in [0.25, 0.3) is 5.69 Å². The lowest BCUT2D eigenvalue weighted by atomic mass is 10.0. The van der Waals surface area contributed by atoms with E-state index in [-0.39, 0.29) is 11.5 Å². The predicted octanol–water partition coefficient (Wildman–Crippen LogP) is 4.16. The van der Waals surface area contributed by atoms with Gasteiger partial charge in [0.25, 0.3) is 5.91 Å². The van der Waals surface area contributed by atoms with Crippen LogP contribution >= 0.6 is 15.9 Å². The second-order valence-electron chi connectivity index (χ2n) is 6.28. The molecule has 5 nitrogen and oxygen atoms in total. The van der Waals surface area contributed by atoms with Gasteiger partial charge in [0.05, 0.1) is 16.9 Å². The number of nitriles is 1. The highest BCUT2D eigenvalue weighted by Gasteiger charge is 2.32. The summed E-state index contributed by atoms with van der Waals surface area (Å²) in [5.74, 6) is -0.760. The SMILES string of the molecule is Cc1nn(-c2ccc(F)c(C#N)c2)c2c1CCN(c1ccc(Br)cc1)C2=O. The quantitative estimate of drug-likeness (QED) is 0.620. The van der Waals surface area contributed by atoms with Crippen molar-refractivity contribution in [2.24, 2.45) is 0 Å². The van der Waals surface area contributed by atoms with Crippen molar-refractivity contribution >= 4 is 27.5 Å². The van der Waals surface area contributed by atoms with Gasteiger partial charge in [0, 0.05) is 22.3 Å². The maximum absolute atomic E-state index is 13.7. The summed E-state index contributed by atoms with van der Waals surface area (Å²) in [4.78, 5) is 15.0. The molecule has 0 radical (unpaired) electrons. The van der Waals surface area contributed by atoms with Crippen LogP contribution in [0.5, 0.6) is 0 Å². The first kappa shape index (κ1) is 17.4. The number of carbonyl (C=O) groups excluding carboxylic acids is 1. The summed E-state index contributed by atoms with van der Waals surface area (Å²) < 4.78 is 16.1.